The highest BCUT2D eigenvalue weighted by atomic mass is 16.5. The minimum atomic E-state index is -1.27. The maximum atomic E-state index is 12.3. The molecule has 0 unspecified atom stereocenters. The minimum Gasteiger partial charge on any atom is -0.491 e. The molecule has 0 atom stereocenters. The first-order chi connectivity index (χ1) is 25.2. The van der Waals surface area contributed by atoms with Crippen molar-refractivity contribution in [3.63, 3.8) is 0 Å². The summed E-state index contributed by atoms with van der Waals surface area (Å²) in [7, 11) is 0. The molecule has 7 heteroatoms. The first-order valence-electron chi connectivity index (χ1n) is 17.8. The van der Waals surface area contributed by atoms with Crippen LogP contribution in [0.15, 0.2) is 140 Å². The second-order valence-electron chi connectivity index (χ2n) is 13.1. The van der Waals surface area contributed by atoms with Crippen molar-refractivity contribution in [1.82, 2.24) is 0 Å². The number of rotatable bonds is 10. The molecular formula is C45H46BN3O3. The summed E-state index contributed by atoms with van der Waals surface area (Å²) in [5, 5.41) is 11.9. The van der Waals surface area contributed by atoms with E-state index in [0.717, 1.165) is 0 Å². The van der Waals surface area contributed by atoms with E-state index in [9.17, 15) is 4.79 Å². The molecule has 0 saturated heterocycles. The zero-order chi connectivity index (χ0) is 37.1. The quantitative estimate of drug-likeness (QED) is 0.116. The topological polar surface area (TPSA) is 75.7 Å². The van der Waals surface area contributed by atoms with Crippen LogP contribution in [0.2, 0.25) is 0 Å². The number of nitrogens with zero attached hydrogens (tertiary/aromatic N) is 2. The summed E-state index contributed by atoms with van der Waals surface area (Å²) in [6, 6.07) is 48.4. The van der Waals surface area contributed by atoms with Gasteiger partial charge in [0.05, 0.1) is 25.0 Å². The normalized spacial score (nSPS) is 10.7. The molecule has 6 aromatic rings. The van der Waals surface area contributed by atoms with Crippen molar-refractivity contribution in [3.05, 3.63) is 172 Å². The monoisotopic (exact) mass is 687 g/mol. The van der Waals surface area contributed by atoms with E-state index in [1.54, 1.807) is 30.3 Å². The van der Waals surface area contributed by atoms with E-state index in [-0.39, 0.29) is 11.6 Å². The van der Waals surface area contributed by atoms with Crippen molar-refractivity contribution in [3.8, 4) is 11.5 Å². The van der Waals surface area contributed by atoms with Gasteiger partial charge in [-0.3, -0.25) is 4.79 Å². The third kappa shape index (κ3) is 8.42. The highest BCUT2D eigenvalue weighted by Gasteiger charge is 2.31. The summed E-state index contributed by atoms with van der Waals surface area (Å²) in [5.74, 6) is 0.512. The molecule has 6 rings (SSSR count). The maximum Gasteiger partial charge on any atom is 0.430 e. The molecule has 0 bridgehead atoms. The third-order valence-corrected chi connectivity index (χ3v) is 9.36. The molecular weight excluding hydrogens is 641 g/mol. The van der Waals surface area contributed by atoms with Crippen molar-refractivity contribution >= 4 is 45.3 Å². The fourth-order valence-electron chi connectivity index (χ4n) is 6.63. The van der Waals surface area contributed by atoms with E-state index < -0.39 is 6.15 Å². The highest BCUT2D eigenvalue weighted by Crippen LogP contribution is 2.38. The average Bonchev–Trinajstić information content (AvgIpc) is 3.16. The molecule has 0 saturated carbocycles. The van der Waals surface area contributed by atoms with Gasteiger partial charge >= 0.3 is 5.69 Å². The van der Waals surface area contributed by atoms with Gasteiger partial charge in [-0.05, 0) is 53.7 Å². The summed E-state index contributed by atoms with van der Waals surface area (Å²) in [6.07, 6.45) is -1.27. The summed E-state index contributed by atoms with van der Waals surface area (Å²) in [4.78, 5) is 15.5. The molecule has 1 amide bonds. The Bertz CT molecular complexity index is 1940. The Kier molecular flexibility index (Phi) is 12.3. The van der Waals surface area contributed by atoms with Crippen LogP contribution in [0.3, 0.4) is 0 Å². The standard InChI is InChI=1S/C28H28B.C17H17N3O3/c1-21-5-13-25(14-6-21)29(26-15-7-22(2)8-16-26,27-17-9-23(3)10-18-27)28-19-11-24(4)12-20-28;1-3-22-15-11-14(20-18)16(23-4-2)10-13(15)19-17(21)12-8-6-5-7-9-12/h5-20H,1-4H3;5-11H,3-4H2,1-2H3/q-1;/p+1. The van der Waals surface area contributed by atoms with E-state index >= 15 is 0 Å². The largest absolute Gasteiger partial charge is 0.491 e. The van der Waals surface area contributed by atoms with Crippen molar-refractivity contribution in [2.24, 2.45) is 0 Å². The lowest BCUT2D eigenvalue weighted by Crippen LogP contribution is -2.74. The number of anilines is 1. The van der Waals surface area contributed by atoms with E-state index in [1.165, 1.54) is 50.2 Å². The van der Waals surface area contributed by atoms with Gasteiger partial charge in [0.1, 0.15) is 6.15 Å². The van der Waals surface area contributed by atoms with E-state index in [1.807, 2.05) is 19.9 Å². The maximum absolute atomic E-state index is 12.3. The molecule has 0 aromatic heterocycles. The van der Waals surface area contributed by atoms with Gasteiger partial charge in [-0.15, -0.1) is 0 Å². The lowest BCUT2D eigenvalue weighted by Gasteiger charge is -2.44. The zero-order valence-corrected chi connectivity index (χ0v) is 30.9. The second-order valence-corrected chi connectivity index (χ2v) is 13.1. The SMILES string of the molecule is CCOc1cc(NC(=O)c2ccccc2)c(OCC)cc1[N+]#N.Cc1ccc([B-](c2ccc(C)cc2)(c2ccc(C)cc2)c2ccc(C)cc2)cc1. The zero-order valence-electron chi connectivity index (χ0n) is 30.9. The lowest BCUT2D eigenvalue weighted by molar-refractivity contribution is 0.102. The number of aryl methyl sites for hydroxylation is 4. The van der Waals surface area contributed by atoms with Crippen molar-refractivity contribution in [2.45, 2.75) is 41.5 Å². The highest BCUT2D eigenvalue weighted by molar-refractivity contribution is 7.19. The van der Waals surface area contributed by atoms with Gasteiger partial charge < -0.3 is 14.8 Å². The molecule has 0 aliphatic heterocycles. The van der Waals surface area contributed by atoms with Gasteiger partial charge in [0, 0.05) is 11.6 Å². The number of carbonyl (C=O) groups is 1. The molecule has 0 aliphatic rings. The molecule has 0 fully saturated rings. The summed E-state index contributed by atoms with van der Waals surface area (Å²) in [5.41, 5.74) is 11.8. The number of hydrogen-bond acceptors (Lipinski definition) is 4. The number of nitrogens with one attached hydrogen (secondary N) is 1. The van der Waals surface area contributed by atoms with Crippen LogP contribution in [0.4, 0.5) is 11.4 Å². The van der Waals surface area contributed by atoms with Crippen LogP contribution in [0.1, 0.15) is 46.5 Å². The summed E-state index contributed by atoms with van der Waals surface area (Å²) < 4.78 is 10.9. The molecule has 0 spiro atoms. The molecule has 1 N–H and O–H groups in total. The molecule has 0 aliphatic carbocycles. The smallest absolute Gasteiger partial charge is 0.430 e. The first kappa shape index (κ1) is 37.1. The van der Waals surface area contributed by atoms with Gasteiger partial charge in [-0.2, -0.15) is 21.9 Å². The van der Waals surface area contributed by atoms with Gasteiger partial charge in [-0.1, -0.05) is 138 Å². The number of carbonyl (C=O) groups excluding carboxylic acids is 1. The van der Waals surface area contributed by atoms with Gasteiger partial charge in [0.15, 0.2) is 10.7 Å². The Morgan fingerprint density at radius 1 is 0.577 bits per heavy atom. The van der Waals surface area contributed by atoms with Crippen LogP contribution >= 0.6 is 0 Å². The van der Waals surface area contributed by atoms with E-state index in [2.05, 4.69) is 135 Å². The number of diazo groups is 1. The third-order valence-electron chi connectivity index (χ3n) is 9.36. The second kappa shape index (κ2) is 17.2. The number of amides is 1. The fraction of sp³-hybridized carbons (Fsp3) is 0.178. The minimum absolute atomic E-state index is 0.244. The molecule has 52 heavy (non-hydrogen) atoms. The Morgan fingerprint density at radius 2 is 0.962 bits per heavy atom. The molecule has 262 valence electrons. The van der Waals surface area contributed by atoms with Crippen LogP contribution in [0.5, 0.6) is 11.5 Å². The van der Waals surface area contributed by atoms with Crippen molar-refractivity contribution < 1.29 is 14.3 Å². The van der Waals surface area contributed by atoms with Crippen LogP contribution in [0.25, 0.3) is 4.98 Å². The predicted octanol–water partition coefficient (Wildman–Crippen LogP) is 8.52. The van der Waals surface area contributed by atoms with E-state index in [0.29, 0.717) is 36.0 Å². The molecule has 0 radical (unpaired) electrons. The lowest BCUT2D eigenvalue weighted by atomic mass is 9.13. The van der Waals surface area contributed by atoms with Crippen molar-refractivity contribution in [2.75, 3.05) is 18.5 Å². The number of ether oxygens (including phenoxy) is 2. The summed E-state index contributed by atoms with van der Waals surface area (Å²) >= 11 is 0. The summed E-state index contributed by atoms with van der Waals surface area (Å²) in [6.45, 7) is 13.1. The van der Waals surface area contributed by atoms with Crippen LogP contribution in [-0.2, 0) is 0 Å². The Balaban J connectivity index is 0.000000207. The molecule has 6 aromatic carbocycles. The van der Waals surface area contributed by atoms with Crippen LogP contribution in [0, 0.1) is 33.1 Å². The average molecular weight is 688 g/mol. The molecule has 6 nitrogen and oxygen atoms in total. The predicted molar refractivity (Wildman–Crippen MR) is 217 cm³/mol. The van der Waals surface area contributed by atoms with Crippen LogP contribution in [-0.4, -0.2) is 25.3 Å². The fourth-order valence-corrected chi connectivity index (χ4v) is 6.63. The number of benzene rings is 6. The van der Waals surface area contributed by atoms with Gasteiger partial charge in [0.25, 0.3) is 5.91 Å². The Morgan fingerprint density at radius 3 is 1.33 bits per heavy atom. The van der Waals surface area contributed by atoms with Crippen molar-refractivity contribution in [1.29, 1.82) is 5.39 Å². The van der Waals surface area contributed by atoms with E-state index in [4.69, 9.17) is 14.9 Å². The molecule has 0 heterocycles. The Hall–Kier alpha value is -6.13. The van der Waals surface area contributed by atoms with Gasteiger partial charge in [0.2, 0.25) is 11.1 Å². The van der Waals surface area contributed by atoms with Crippen LogP contribution < -0.4 is 36.6 Å². The number of hydrogen-bond donors (Lipinski definition) is 1. The van der Waals surface area contributed by atoms with Gasteiger partial charge in [-0.25, -0.2) is 0 Å². The Labute approximate surface area is 308 Å². The first-order valence-corrected chi connectivity index (χ1v) is 17.8.